The van der Waals surface area contributed by atoms with Crippen molar-refractivity contribution in [2.45, 2.75) is 6.92 Å². The second-order valence-corrected chi connectivity index (χ2v) is 8.22. The van der Waals surface area contributed by atoms with E-state index in [9.17, 15) is 14.9 Å². The molecule has 0 saturated heterocycles. The Hall–Kier alpha value is -4.51. The number of benzene rings is 2. The van der Waals surface area contributed by atoms with Gasteiger partial charge in [-0.25, -0.2) is 9.67 Å². The molecule has 0 aliphatic carbocycles. The molecule has 0 atom stereocenters. The van der Waals surface area contributed by atoms with Crippen molar-refractivity contribution in [3.63, 3.8) is 0 Å². The number of carbonyl (C=O) groups excluding carboxylic acids is 1. The molecule has 34 heavy (non-hydrogen) atoms. The molecule has 3 heterocycles. The van der Waals surface area contributed by atoms with E-state index in [-0.39, 0.29) is 24.2 Å². The molecule has 170 valence electrons. The number of ether oxygens (including phenoxy) is 1. The van der Waals surface area contributed by atoms with E-state index in [2.05, 4.69) is 10.4 Å². The molecule has 0 unspecified atom stereocenters. The summed E-state index contributed by atoms with van der Waals surface area (Å²) < 4.78 is 12.3. The molecule has 0 saturated carbocycles. The van der Waals surface area contributed by atoms with Gasteiger partial charge in [-0.3, -0.25) is 14.9 Å². The number of rotatable bonds is 5. The number of aryl methyl sites for hydroxylation is 1. The summed E-state index contributed by atoms with van der Waals surface area (Å²) >= 11 is 1.38. The van der Waals surface area contributed by atoms with E-state index in [1.165, 1.54) is 29.7 Å². The maximum atomic E-state index is 11.7. The lowest BCUT2D eigenvalue weighted by Crippen LogP contribution is -2.25. The summed E-state index contributed by atoms with van der Waals surface area (Å²) in [6.07, 6.45) is 1.39. The van der Waals surface area contributed by atoms with E-state index in [1.54, 1.807) is 16.8 Å². The number of nitrogens with one attached hydrogen (secondary N) is 1. The number of nitro groups is 1. The highest BCUT2D eigenvalue weighted by molar-refractivity contribution is 7.07. The Morgan fingerprint density at radius 2 is 2.00 bits per heavy atom. The normalized spacial score (nSPS) is 13.6. The summed E-state index contributed by atoms with van der Waals surface area (Å²) in [5.74, 6) is 0.215. The highest BCUT2D eigenvalue weighted by Crippen LogP contribution is 2.33. The van der Waals surface area contributed by atoms with Gasteiger partial charge in [0.1, 0.15) is 10.7 Å². The topological polar surface area (TPSA) is 124 Å². The molecule has 2 aromatic carbocycles. The number of hydrogen-bond donors (Lipinski definition) is 1. The third kappa shape index (κ3) is 4.36. The van der Waals surface area contributed by atoms with Crippen LogP contribution in [0.25, 0.3) is 11.3 Å². The van der Waals surface area contributed by atoms with Crippen LogP contribution < -0.4 is 14.9 Å². The van der Waals surface area contributed by atoms with Crippen LogP contribution in [0.5, 0.6) is 5.75 Å². The Morgan fingerprint density at radius 3 is 2.76 bits per heavy atom. The molecular weight excluding hydrogens is 458 g/mol. The number of furan rings is 1. The predicted molar refractivity (Wildman–Crippen MR) is 127 cm³/mol. The average Bonchev–Trinajstić information content (AvgIpc) is 3.46. The monoisotopic (exact) mass is 475 g/mol. The van der Waals surface area contributed by atoms with Gasteiger partial charge in [0.05, 0.1) is 29.3 Å². The van der Waals surface area contributed by atoms with Crippen molar-refractivity contribution in [2.75, 3.05) is 11.9 Å². The zero-order valence-electron chi connectivity index (χ0n) is 17.8. The van der Waals surface area contributed by atoms with Gasteiger partial charge < -0.3 is 14.5 Å². The average molecular weight is 475 g/mol. The summed E-state index contributed by atoms with van der Waals surface area (Å²) in [7, 11) is 0. The van der Waals surface area contributed by atoms with Gasteiger partial charge in [-0.05, 0) is 43.3 Å². The Kier molecular flexibility index (Phi) is 5.52. The Labute approximate surface area is 196 Å². The molecule has 1 N–H and O–H groups in total. The van der Waals surface area contributed by atoms with Crippen molar-refractivity contribution < 1.29 is 18.9 Å². The molecule has 11 heteroatoms. The van der Waals surface area contributed by atoms with Crippen LogP contribution in [0.2, 0.25) is 0 Å². The Morgan fingerprint density at radius 1 is 1.18 bits per heavy atom. The molecule has 0 spiro atoms. The summed E-state index contributed by atoms with van der Waals surface area (Å²) in [4.78, 5) is 27.3. The SMILES string of the molecule is Cc1ccc(N=c2scc(-c3ccc4c(c3)NC(=O)CO4)n2N=Cc2ccc([N+](=O)[O-])o2)cc1. The fourth-order valence-electron chi connectivity index (χ4n) is 3.28. The van der Waals surface area contributed by atoms with Gasteiger partial charge in [-0.15, -0.1) is 11.3 Å². The van der Waals surface area contributed by atoms with E-state index in [1.807, 2.05) is 42.6 Å². The van der Waals surface area contributed by atoms with Crippen molar-refractivity contribution in [2.24, 2.45) is 10.1 Å². The smallest absolute Gasteiger partial charge is 0.433 e. The van der Waals surface area contributed by atoms with Crippen molar-refractivity contribution in [3.8, 4) is 17.0 Å². The molecule has 0 radical (unpaired) electrons. The molecule has 10 nitrogen and oxygen atoms in total. The number of thiazole rings is 1. The molecule has 1 aliphatic rings. The summed E-state index contributed by atoms with van der Waals surface area (Å²) in [5.41, 5.74) is 3.91. The molecule has 1 amide bonds. The van der Waals surface area contributed by atoms with E-state index in [0.29, 0.717) is 21.9 Å². The largest absolute Gasteiger partial charge is 0.482 e. The first-order chi connectivity index (χ1) is 16.5. The van der Waals surface area contributed by atoms with Gasteiger partial charge in [0.15, 0.2) is 12.4 Å². The summed E-state index contributed by atoms with van der Waals surface area (Å²) in [5, 5.41) is 20.1. The number of carbonyl (C=O) groups is 1. The van der Waals surface area contributed by atoms with Gasteiger partial charge in [0, 0.05) is 10.9 Å². The maximum Gasteiger partial charge on any atom is 0.433 e. The lowest BCUT2D eigenvalue weighted by atomic mass is 10.1. The van der Waals surface area contributed by atoms with E-state index in [0.717, 1.165) is 16.8 Å². The van der Waals surface area contributed by atoms with Crippen LogP contribution in [-0.2, 0) is 4.79 Å². The number of fused-ring (bicyclic) bond motifs is 1. The van der Waals surface area contributed by atoms with Crippen molar-refractivity contribution in [1.29, 1.82) is 0 Å². The number of amides is 1. The minimum Gasteiger partial charge on any atom is -0.482 e. The zero-order chi connectivity index (χ0) is 23.7. The van der Waals surface area contributed by atoms with Gasteiger partial charge in [-0.1, -0.05) is 17.7 Å². The molecule has 5 rings (SSSR count). The van der Waals surface area contributed by atoms with E-state index >= 15 is 0 Å². The predicted octanol–water partition coefficient (Wildman–Crippen LogP) is 4.47. The zero-order valence-corrected chi connectivity index (χ0v) is 18.6. The van der Waals surface area contributed by atoms with Crippen molar-refractivity contribution >= 4 is 40.7 Å². The third-order valence-corrected chi connectivity index (χ3v) is 5.76. The standard InChI is InChI=1S/C23H17N5O5S/c1-14-2-5-16(6-3-14)25-23-27(24-11-17-7-9-22(33-17)28(30)31)19(13-34-23)15-4-8-20-18(10-15)26-21(29)12-32-20/h2-11,13H,12H2,1H3,(H,26,29). The lowest BCUT2D eigenvalue weighted by Gasteiger charge is -2.18. The van der Waals surface area contributed by atoms with Gasteiger partial charge in [0.25, 0.3) is 5.91 Å². The van der Waals surface area contributed by atoms with Crippen LogP contribution in [0, 0.1) is 17.0 Å². The summed E-state index contributed by atoms with van der Waals surface area (Å²) in [6.45, 7) is 1.97. The van der Waals surface area contributed by atoms with Gasteiger partial charge in [-0.2, -0.15) is 5.10 Å². The highest BCUT2D eigenvalue weighted by Gasteiger charge is 2.18. The minimum absolute atomic E-state index is 0.0239. The Bertz CT molecular complexity index is 1500. The molecular formula is C23H17N5O5S. The van der Waals surface area contributed by atoms with Crippen LogP contribution in [0.15, 0.2) is 74.5 Å². The van der Waals surface area contributed by atoms with Crippen LogP contribution >= 0.6 is 11.3 Å². The number of anilines is 1. The van der Waals surface area contributed by atoms with Crippen LogP contribution in [-0.4, -0.2) is 28.3 Å². The number of aromatic nitrogens is 1. The quantitative estimate of drug-likeness (QED) is 0.259. The molecule has 0 fully saturated rings. The van der Waals surface area contributed by atoms with Crippen LogP contribution in [0.3, 0.4) is 0 Å². The van der Waals surface area contributed by atoms with Gasteiger partial charge >= 0.3 is 5.88 Å². The first kappa shape index (κ1) is 21.3. The van der Waals surface area contributed by atoms with Crippen molar-refractivity contribution in [3.05, 3.63) is 86.2 Å². The molecule has 2 aromatic heterocycles. The van der Waals surface area contributed by atoms with Crippen LogP contribution in [0.1, 0.15) is 11.3 Å². The second-order valence-electron chi connectivity index (χ2n) is 7.39. The van der Waals surface area contributed by atoms with Crippen LogP contribution in [0.4, 0.5) is 17.3 Å². The summed E-state index contributed by atoms with van der Waals surface area (Å²) in [6, 6.07) is 15.9. The molecule has 4 aromatic rings. The minimum atomic E-state index is -0.609. The molecule has 1 aliphatic heterocycles. The number of hydrogen-bond acceptors (Lipinski definition) is 8. The Balaban J connectivity index is 1.60. The maximum absolute atomic E-state index is 11.7. The van der Waals surface area contributed by atoms with Gasteiger partial charge in [0.2, 0.25) is 4.80 Å². The van der Waals surface area contributed by atoms with E-state index in [4.69, 9.17) is 14.1 Å². The number of nitrogens with zero attached hydrogens (tertiary/aromatic N) is 4. The molecule has 0 bridgehead atoms. The fourth-order valence-corrected chi connectivity index (χ4v) is 4.14. The first-order valence-corrected chi connectivity index (χ1v) is 11.0. The second kappa shape index (κ2) is 8.79. The fraction of sp³-hybridized carbons (Fsp3) is 0.0870. The van der Waals surface area contributed by atoms with Crippen molar-refractivity contribution in [1.82, 2.24) is 4.68 Å². The highest BCUT2D eigenvalue weighted by atomic mass is 32.1. The van der Waals surface area contributed by atoms with E-state index < -0.39 is 4.92 Å². The third-order valence-electron chi connectivity index (χ3n) is 4.95. The lowest BCUT2D eigenvalue weighted by molar-refractivity contribution is -0.402. The first-order valence-electron chi connectivity index (χ1n) is 10.1.